The van der Waals surface area contributed by atoms with Crippen LogP contribution in [0.15, 0.2) is 72.9 Å². The number of pyridine rings is 1. The number of nitrogens with zero attached hydrogens (tertiary/aromatic N) is 2. The van der Waals surface area contributed by atoms with Gasteiger partial charge in [0.15, 0.2) is 0 Å². The molecule has 0 aliphatic rings. The van der Waals surface area contributed by atoms with Gasteiger partial charge in [-0.05, 0) is 40.5 Å². The Labute approximate surface area is 138 Å². The molecule has 0 amide bonds. The molecule has 4 aromatic rings. The molecule has 1 heterocycles. The smallest absolute Gasteiger partial charge is 0.258 e. The molecule has 0 saturated carbocycles. The fourth-order valence-corrected chi connectivity index (χ4v) is 3.10. The van der Waals surface area contributed by atoms with Crippen LogP contribution >= 0.6 is 0 Å². The maximum Gasteiger partial charge on any atom is 0.269 e. The lowest BCUT2D eigenvalue weighted by atomic mass is 9.97. The number of hydrogen-bond acceptors (Lipinski definition) is 3. The molecule has 4 heteroatoms. The number of aromatic nitrogens is 1. The summed E-state index contributed by atoms with van der Waals surface area (Å²) >= 11 is 0. The van der Waals surface area contributed by atoms with Gasteiger partial charge in [-0.2, -0.15) is 0 Å². The molecule has 0 fully saturated rings. The Bertz CT molecular complexity index is 1060. The average Bonchev–Trinajstić information content (AvgIpc) is 2.62. The molecular weight excluding hydrogens is 300 g/mol. The number of benzene rings is 3. The largest absolute Gasteiger partial charge is 0.269 e. The Kier molecular flexibility index (Phi) is 3.43. The number of non-ortho nitro benzene ring substituents is 1. The van der Waals surface area contributed by atoms with E-state index in [1.807, 2.05) is 42.6 Å². The number of rotatable bonds is 3. The van der Waals surface area contributed by atoms with E-state index < -0.39 is 0 Å². The van der Waals surface area contributed by atoms with Gasteiger partial charge >= 0.3 is 0 Å². The lowest BCUT2D eigenvalue weighted by molar-refractivity contribution is -0.384. The van der Waals surface area contributed by atoms with Crippen molar-refractivity contribution in [2.45, 2.75) is 6.42 Å². The fourth-order valence-electron chi connectivity index (χ4n) is 3.10. The van der Waals surface area contributed by atoms with Gasteiger partial charge in [0.25, 0.3) is 5.69 Å². The van der Waals surface area contributed by atoms with E-state index in [4.69, 9.17) is 0 Å². The molecule has 24 heavy (non-hydrogen) atoms. The van der Waals surface area contributed by atoms with Crippen molar-refractivity contribution in [3.63, 3.8) is 0 Å². The van der Waals surface area contributed by atoms with Gasteiger partial charge in [-0.25, -0.2) is 0 Å². The van der Waals surface area contributed by atoms with Crippen LogP contribution in [0.2, 0.25) is 0 Å². The summed E-state index contributed by atoms with van der Waals surface area (Å²) in [6, 6.07) is 21.1. The summed E-state index contributed by atoms with van der Waals surface area (Å²) in [5.41, 5.74) is 3.29. The van der Waals surface area contributed by atoms with E-state index in [0.29, 0.717) is 6.42 Å². The van der Waals surface area contributed by atoms with Gasteiger partial charge in [0.05, 0.1) is 10.4 Å². The first kappa shape index (κ1) is 14.3. The second-order valence-electron chi connectivity index (χ2n) is 5.75. The highest BCUT2D eigenvalue weighted by Gasteiger charge is 2.09. The summed E-state index contributed by atoms with van der Waals surface area (Å²) in [6.45, 7) is 0. The normalized spacial score (nSPS) is 11.0. The van der Waals surface area contributed by atoms with E-state index in [2.05, 4.69) is 23.2 Å². The topological polar surface area (TPSA) is 56.0 Å². The van der Waals surface area contributed by atoms with Crippen molar-refractivity contribution in [1.82, 2.24) is 4.98 Å². The van der Waals surface area contributed by atoms with Crippen LogP contribution in [-0.2, 0) is 6.42 Å². The Morgan fingerprint density at radius 1 is 0.917 bits per heavy atom. The molecule has 116 valence electrons. The predicted molar refractivity (Wildman–Crippen MR) is 95.2 cm³/mol. The van der Waals surface area contributed by atoms with Crippen LogP contribution in [-0.4, -0.2) is 9.91 Å². The van der Waals surface area contributed by atoms with Crippen molar-refractivity contribution >= 4 is 27.4 Å². The van der Waals surface area contributed by atoms with Crippen LogP contribution in [0.3, 0.4) is 0 Å². The first-order valence-electron chi connectivity index (χ1n) is 7.71. The number of hydrogen-bond donors (Lipinski definition) is 0. The van der Waals surface area contributed by atoms with E-state index in [9.17, 15) is 10.1 Å². The fraction of sp³-hybridized carbons (Fsp3) is 0.0500. The Morgan fingerprint density at radius 3 is 2.50 bits per heavy atom. The number of nitro benzene ring substituents is 1. The monoisotopic (exact) mass is 314 g/mol. The molecule has 0 N–H and O–H groups in total. The Balaban J connectivity index is 1.84. The van der Waals surface area contributed by atoms with Crippen LogP contribution in [0, 0.1) is 10.1 Å². The maximum absolute atomic E-state index is 10.8. The van der Waals surface area contributed by atoms with Gasteiger partial charge in [-0.15, -0.1) is 0 Å². The van der Waals surface area contributed by atoms with Crippen LogP contribution in [0.5, 0.6) is 0 Å². The predicted octanol–water partition coefficient (Wildman–Crippen LogP) is 4.89. The highest BCUT2D eigenvalue weighted by Crippen LogP contribution is 2.28. The Hall–Kier alpha value is -3.27. The summed E-state index contributed by atoms with van der Waals surface area (Å²) in [4.78, 5) is 14.9. The molecule has 0 saturated heterocycles. The van der Waals surface area contributed by atoms with Crippen LogP contribution in [0.25, 0.3) is 21.7 Å². The first-order valence-corrected chi connectivity index (χ1v) is 7.71. The van der Waals surface area contributed by atoms with E-state index in [-0.39, 0.29) is 10.6 Å². The van der Waals surface area contributed by atoms with Crippen molar-refractivity contribution in [3.8, 4) is 0 Å². The molecule has 0 bridgehead atoms. The molecule has 0 spiro atoms. The quantitative estimate of drug-likeness (QED) is 0.307. The summed E-state index contributed by atoms with van der Waals surface area (Å²) in [6.07, 6.45) is 2.53. The average molecular weight is 314 g/mol. The van der Waals surface area contributed by atoms with E-state index in [1.165, 1.54) is 16.3 Å². The van der Waals surface area contributed by atoms with Crippen LogP contribution in [0.4, 0.5) is 5.69 Å². The van der Waals surface area contributed by atoms with Gasteiger partial charge < -0.3 is 0 Å². The van der Waals surface area contributed by atoms with Gasteiger partial charge in [0, 0.05) is 23.7 Å². The summed E-state index contributed by atoms with van der Waals surface area (Å²) in [5, 5.41) is 14.3. The molecule has 0 aliphatic heterocycles. The molecule has 0 atom stereocenters. The van der Waals surface area contributed by atoms with Crippen molar-refractivity contribution in [3.05, 3.63) is 94.2 Å². The minimum atomic E-state index is -0.376. The highest BCUT2D eigenvalue weighted by molar-refractivity contribution is 6.07. The highest BCUT2D eigenvalue weighted by atomic mass is 16.6. The molecule has 0 radical (unpaired) electrons. The van der Waals surface area contributed by atoms with E-state index >= 15 is 0 Å². The maximum atomic E-state index is 10.8. The first-order chi connectivity index (χ1) is 11.7. The second-order valence-corrected chi connectivity index (χ2v) is 5.75. The molecule has 1 aromatic heterocycles. The van der Waals surface area contributed by atoms with Crippen molar-refractivity contribution in [1.29, 1.82) is 0 Å². The van der Waals surface area contributed by atoms with E-state index in [0.717, 1.165) is 16.5 Å². The minimum absolute atomic E-state index is 0.115. The van der Waals surface area contributed by atoms with Gasteiger partial charge in [0.2, 0.25) is 0 Å². The lowest BCUT2D eigenvalue weighted by Gasteiger charge is -2.09. The molecule has 4 nitrogen and oxygen atoms in total. The minimum Gasteiger partial charge on any atom is -0.258 e. The second kappa shape index (κ2) is 5.74. The third-order valence-electron chi connectivity index (χ3n) is 4.26. The molecule has 3 aromatic carbocycles. The number of fused-ring (bicyclic) bond motifs is 3. The van der Waals surface area contributed by atoms with Gasteiger partial charge in [-0.1, -0.05) is 42.5 Å². The summed E-state index contributed by atoms with van der Waals surface area (Å²) < 4.78 is 0. The van der Waals surface area contributed by atoms with Crippen molar-refractivity contribution in [2.24, 2.45) is 0 Å². The molecule has 4 rings (SSSR count). The zero-order chi connectivity index (χ0) is 16.5. The Morgan fingerprint density at radius 2 is 1.71 bits per heavy atom. The van der Waals surface area contributed by atoms with Gasteiger partial charge in [-0.3, -0.25) is 15.1 Å². The number of nitro groups is 1. The summed E-state index contributed by atoms with van der Waals surface area (Å²) in [7, 11) is 0. The lowest BCUT2D eigenvalue weighted by Crippen LogP contribution is -1.93. The molecule has 0 aliphatic carbocycles. The van der Waals surface area contributed by atoms with E-state index in [1.54, 1.807) is 12.1 Å². The molecular formula is C20H14N2O2. The van der Waals surface area contributed by atoms with Crippen LogP contribution in [0.1, 0.15) is 11.1 Å². The zero-order valence-corrected chi connectivity index (χ0v) is 12.8. The van der Waals surface area contributed by atoms with Gasteiger partial charge in [0.1, 0.15) is 0 Å². The zero-order valence-electron chi connectivity index (χ0n) is 12.8. The van der Waals surface area contributed by atoms with Crippen molar-refractivity contribution in [2.75, 3.05) is 0 Å². The summed E-state index contributed by atoms with van der Waals surface area (Å²) in [5.74, 6) is 0. The standard InChI is InChI=1S/C20H14N2O2/c23-22(24)17-8-5-14(6-9-17)13-16-11-12-21-19-10-7-15-3-1-2-4-18(15)20(16)19/h1-12H,13H2. The molecule has 0 unspecified atom stereocenters. The van der Waals surface area contributed by atoms with Crippen molar-refractivity contribution < 1.29 is 4.92 Å². The third kappa shape index (κ3) is 2.48. The SMILES string of the molecule is O=[N+]([O-])c1ccc(Cc2ccnc3ccc4ccccc4c23)cc1. The van der Waals surface area contributed by atoms with Crippen LogP contribution < -0.4 is 0 Å². The third-order valence-corrected chi connectivity index (χ3v) is 4.26.